The number of carbonyl (C=O) groups excluding carboxylic acids is 3. The quantitative estimate of drug-likeness (QED) is 0.568. The van der Waals surface area contributed by atoms with Gasteiger partial charge in [0, 0.05) is 23.8 Å². The summed E-state index contributed by atoms with van der Waals surface area (Å²) in [5.74, 6) is 0.204. The molecule has 0 aromatic heterocycles. The van der Waals surface area contributed by atoms with E-state index >= 15 is 0 Å². The zero-order valence-electron chi connectivity index (χ0n) is 23.3. The summed E-state index contributed by atoms with van der Waals surface area (Å²) in [6.07, 6.45) is 4.72. The monoisotopic (exact) mass is 515 g/mol. The number of fused-ring (bicyclic) bond motifs is 2. The number of anilines is 1. The molecular formula is C32H41N3O3. The van der Waals surface area contributed by atoms with Crippen LogP contribution in [0.4, 0.5) is 5.69 Å². The number of Topliss-reactive ketones (excluding diaryl/α,β-unsaturated/α-hetero) is 1. The Morgan fingerprint density at radius 3 is 2.21 bits per heavy atom. The number of likely N-dealkylation sites (tertiary alicyclic amines) is 2. The third-order valence-electron chi connectivity index (χ3n) is 9.17. The van der Waals surface area contributed by atoms with Crippen LogP contribution in [0.2, 0.25) is 0 Å². The molecule has 202 valence electrons. The molecule has 0 radical (unpaired) electrons. The van der Waals surface area contributed by atoms with Crippen molar-refractivity contribution in [3.63, 3.8) is 0 Å². The number of hydrogen-bond acceptors (Lipinski definition) is 4. The topological polar surface area (TPSA) is 69.7 Å². The van der Waals surface area contributed by atoms with E-state index in [4.69, 9.17) is 0 Å². The number of ketones is 1. The third kappa shape index (κ3) is 5.28. The number of nitrogens with zero attached hydrogens (tertiary/aromatic N) is 2. The summed E-state index contributed by atoms with van der Waals surface area (Å²) in [5, 5.41) is 2.98. The van der Waals surface area contributed by atoms with E-state index < -0.39 is 5.41 Å². The van der Waals surface area contributed by atoms with Crippen molar-refractivity contribution in [3.8, 4) is 0 Å². The molecule has 6 heteroatoms. The van der Waals surface area contributed by atoms with Gasteiger partial charge in [-0.2, -0.15) is 0 Å². The molecule has 1 saturated carbocycles. The first-order chi connectivity index (χ1) is 18.0. The van der Waals surface area contributed by atoms with Crippen LogP contribution in [0.25, 0.3) is 0 Å². The van der Waals surface area contributed by atoms with Gasteiger partial charge in [-0.1, -0.05) is 51.1 Å². The molecule has 2 heterocycles. The highest BCUT2D eigenvalue weighted by Gasteiger charge is 2.51. The zero-order chi connectivity index (χ0) is 27.1. The largest absolute Gasteiger partial charge is 0.335 e. The van der Waals surface area contributed by atoms with Crippen LogP contribution in [-0.2, 0) is 15.0 Å². The van der Waals surface area contributed by atoms with Gasteiger partial charge in [0.2, 0.25) is 5.91 Å². The smallest absolute Gasteiger partial charge is 0.254 e. The van der Waals surface area contributed by atoms with Crippen molar-refractivity contribution in [1.29, 1.82) is 0 Å². The van der Waals surface area contributed by atoms with E-state index in [1.807, 2.05) is 54.6 Å². The van der Waals surface area contributed by atoms with Crippen LogP contribution in [0.1, 0.15) is 75.7 Å². The molecule has 6 nitrogen and oxygen atoms in total. The minimum Gasteiger partial charge on any atom is -0.335 e. The molecule has 2 aromatic rings. The van der Waals surface area contributed by atoms with Gasteiger partial charge in [-0.15, -0.1) is 0 Å². The Morgan fingerprint density at radius 2 is 1.58 bits per heavy atom. The van der Waals surface area contributed by atoms with Crippen LogP contribution in [0.3, 0.4) is 0 Å². The highest BCUT2D eigenvalue weighted by atomic mass is 16.2. The summed E-state index contributed by atoms with van der Waals surface area (Å²) in [6, 6.07) is 17.6. The Bertz CT molecular complexity index is 1200. The van der Waals surface area contributed by atoms with Crippen molar-refractivity contribution in [3.05, 3.63) is 65.7 Å². The van der Waals surface area contributed by atoms with Gasteiger partial charge < -0.3 is 10.2 Å². The molecule has 2 amide bonds. The van der Waals surface area contributed by atoms with Crippen LogP contribution in [0.5, 0.6) is 0 Å². The van der Waals surface area contributed by atoms with Crippen LogP contribution in [0.15, 0.2) is 54.6 Å². The molecule has 1 aliphatic carbocycles. The van der Waals surface area contributed by atoms with Crippen LogP contribution in [-0.4, -0.2) is 59.6 Å². The van der Waals surface area contributed by atoms with Gasteiger partial charge in [-0.05, 0) is 92.8 Å². The van der Waals surface area contributed by atoms with E-state index in [1.54, 1.807) is 6.92 Å². The van der Waals surface area contributed by atoms with Crippen LogP contribution >= 0.6 is 0 Å². The molecule has 3 fully saturated rings. The van der Waals surface area contributed by atoms with Gasteiger partial charge in [-0.3, -0.25) is 19.3 Å². The molecule has 5 rings (SSSR count). The number of benzene rings is 2. The SMILES string of the molecule is CC(=O)C1(c2ccccc2)CCN(CC(=O)Nc2ccc(C(=O)N3CC4(C)CC3CC(C)(C)C4)cc2)CC1. The standard InChI is InChI=1S/C32H41N3O3/c1-23(36)32(25-8-6-5-7-9-25)14-16-34(17-15-32)20-28(37)33-26-12-10-24(11-13-26)29(38)35-22-31(4)19-27(35)18-30(2,3)21-31/h5-13,27H,14-22H2,1-4H3,(H,33,37). The Balaban J connectivity index is 1.15. The molecule has 2 aromatic carbocycles. The van der Waals surface area contributed by atoms with Crippen molar-refractivity contribution < 1.29 is 14.4 Å². The first-order valence-corrected chi connectivity index (χ1v) is 14.0. The summed E-state index contributed by atoms with van der Waals surface area (Å²) in [7, 11) is 0. The fourth-order valence-corrected chi connectivity index (χ4v) is 7.66. The second-order valence-electron chi connectivity index (χ2n) is 13.1. The number of rotatable bonds is 6. The predicted molar refractivity (Wildman–Crippen MR) is 150 cm³/mol. The molecule has 2 unspecified atom stereocenters. The number of hydrogen-bond donors (Lipinski definition) is 1. The number of carbonyl (C=O) groups is 3. The lowest BCUT2D eigenvalue weighted by atomic mass is 9.65. The second-order valence-corrected chi connectivity index (χ2v) is 13.1. The molecule has 2 bridgehead atoms. The number of nitrogens with one attached hydrogen (secondary N) is 1. The van der Waals surface area contributed by atoms with E-state index in [0.717, 1.165) is 31.4 Å². The minimum atomic E-state index is -0.461. The normalized spacial score (nSPS) is 26.1. The van der Waals surface area contributed by atoms with Gasteiger partial charge in [0.05, 0.1) is 12.0 Å². The van der Waals surface area contributed by atoms with E-state index in [2.05, 4.69) is 35.9 Å². The van der Waals surface area contributed by atoms with Crippen LogP contribution < -0.4 is 5.32 Å². The highest BCUT2D eigenvalue weighted by molar-refractivity contribution is 5.96. The first-order valence-electron chi connectivity index (χ1n) is 14.0. The van der Waals surface area contributed by atoms with Gasteiger partial charge in [0.1, 0.15) is 5.78 Å². The van der Waals surface area contributed by atoms with E-state index in [0.29, 0.717) is 43.2 Å². The van der Waals surface area contributed by atoms with Gasteiger partial charge in [-0.25, -0.2) is 0 Å². The van der Waals surface area contributed by atoms with Gasteiger partial charge in [0.15, 0.2) is 0 Å². The fraction of sp³-hybridized carbons (Fsp3) is 0.531. The second kappa shape index (κ2) is 9.96. The maximum atomic E-state index is 13.3. The lowest BCUT2D eigenvalue weighted by molar-refractivity contribution is -0.124. The maximum absolute atomic E-state index is 13.3. The fourth-order valence-electron chi connectivity index (χ4n) is 7.66. The highest BCUT2D eigenvalue weighted by Crippen LogP contribution is 2.52. The molecule has 1 N–H and O–H groups in total. The Labute approximate surface area is 226 Å². The van der Waals surface area contributed by atoms with Crippen molar-refractivity contribution in [2.24, 2.45) is 10.8 Å². The van der Waals surface area contributed by atoms with Crippen molar-refractivity contribution in [2.75, 3.05) is 31.5 Å². The summed E-state index contributed by atoms with van der Waals surface area (Å²) < 4.78 is 0. The van der Waals surface area contributed by atoms with Crippen LogP contribution in [0, 0.1) is 10.8 Å². The predicted octanol–water partition coefficient (Wildman–Crippen LogP) is 5.29. The Hall–Kier alpha value is -2.99. The summed E-state index contributed by atoms with van der Waals surface area (Å²) >= 11 is 0. The van der Waals surface area contributed by atoms with Gasteiger partial charge >= 0.3 is 0 Å². The summed E-state index contributed by atoms with van der Waals surface area (Å²) in [5.41, 5.74) is 2.45. The number of amides is 2. The average Bonchev–Trinajstić information content (AvgIpc) is 3.13. The van der Waals surface area contributed by atoms with E-state index in [1.165, 1.54) is 0 Å². The maximum Gasteiger partial charge on any atom is 0.254 e. The van der Waals surface area contributed by atoms with E-state index in [-0.39, 0.29) is 35.0 Å². The zero-order valence-corrected chi connectivity index (χ0v) is 23.3. The molecule has 2 saturated heterocycles. The van der Waals surface area contributed by atoms with Crippen molar-refractivity contribution >= 4 is 23.3 Å². The molecule has 38 heavy (non-hydrogen) atoms. The molecule has 2 aliphatic heterocycles. The van der Waals surface area contributed by atoms with Gasteiger partial charge in [0.25, 0.3) is 5.91 Å². The Morgan fingerprint density at radius 1 is 0.921 bits per heavy atom. The van der Waals surface area contributed by atoms with E-state index in [9.17, 15) is 14.4 Å². The first kappa shape index (κ1) is 26.6. The number of piperidine rings is 1. The third-order valence-corrected chi connectivity index (χ3v) is 9.17. The minimum absolute atomic E-state index is 0.0809. The Kier molecular flexibility index (Phi) is 6.97. The lowest BCUT2D eigenvalue weighted by Gasteiger charge is -2.40. The molecule has 2 atom stereocenters. The summed E-state index contributed by atoms with van der Waals surface area (Å²) in [4.78, 5) is 43.0. The summed E-state index contributed by atoms with van der Waals surface area (Å²) in [6.45, 7) is 11.1. The van der Waals surface area contributed by atoms with Crippen molar-refractivity contribution in [1.82, 2.24) is 9.80 Å². The molecule has 3 aliphatic rings. The molecular weight excluding hydrogens is 474 g/mol. The molecule has 0 spiro atoms. The van der Waals surface area contributed by atoms with Crippen molar-refractivity contribution in [2.45, 2.75) is 71.3 Å². The average molecular weight is 516 g/mol. The lowest BCUT2D eigenvalue weighted by Crippen LogP contribution is -2.48.